The van der Waals surface area contributed by atoms with Crippen molar-refractivity contribution in [1.82, 2.24) is 26.6 Å². The zero-order chi connectivity index (χ0) is 43.2. The van der Waals surface area contributed by atoms with Crippen molar-refractivity contribution in [2.45, 2.75) is 87.2 Å². The Kier molecular flexibility index (Phi) is 15.6. The molecule has 0 bridgehead atoms. The van der Waals surface area contributed by atoms with E-state index in [1.807, 2.05) is 115 Å². The standard InChI is InChI=1S/C47H53N5O8S/c1-31-14-21-36(22-15-31)60-30-42(54)49-40(28-37-13-8-26-61-37)45(57)51-39(27-33-16-19-35(20-17-33)34-11-6-3-7-12-34)44(56)50-38(23-18-32-9-4-2-5-10-32)43(55)48-29-41(53)52-47(24-25-47)46(58)59/h2-12,14,16-17,19-22,26,31,37-40H,13,15,18,23-25,27-30H2,1H3,(H,48,55)(H,49,54)(H,50,56)(H,51,57)(H,52,53)(H,58,59)/t31?,37?,38-,39+,40-/m1/s1. The SMILES string of the molecule is CC1C=CC(OCC(=O)N[C@H](CC2CC=CS2)C(=O)N[C@@H](Cc2ccc(-c3ccccc3)cc2)C(=O)N[C@H](CCc2ccccc2)C(=O)NCC(=O)NC2(C(=O)O)CC2)=CC1. The molecule has 1 aliphatic heterocycles. The highest BCUT2D eigenvalue weighted by Crippen LogP contribution is 2.35. The number of aryl methyl sites for hydroxylation is 1. The van der Waals surface area contributed by atoms with Crippen molar-refractivity contribution in [3.8, 4) is 11.1 Å². The highest BCUT2D eigenvalue weighted by Gasteiger charge is 2.51. The van der Waals surface area contributed by atoms with Crippen LogP contribution in [0.4, 0.5) is 0 Å². The van der Waals surface area contributed by atoms with Crippen LogP contribution in [0.1, 0.15) is 56.6 Å². The van der Waals surface area contributed by atoms with Crippen LogP contribution in [0.5, 0.6) is 0 Å². The number of allylic oxidation sites excluding steroid dienone is 4. The highest BCUT2D eigenvalue weighted by atomic mass is 32.2. The van der Waals surface area contributed by atoms with E-state index in [-0.39, 0.29) is 24.7 Å². The van der Waals surface area contributed by atoms with E-state index in [0.717, 1.165) is 28.7 Å². The van der Waals surface area contributed by atoms with Crippen molar-refractivity contribution in [3.63, 3.8) is 0 Å². The van der Waals surface area contributed by atoms with Gasteiger partial charge < -0.3 is 36.4 Å². The Morgan fingerprint density at radius 2 is 1.44 bits per heavy atom. The van der Waals surface area contributed by atoms with Gasteiger partial charge in [-0.05, 0) is 90.7 Å². The lowest BCUT2D eigenvalue weighted by atomic mass is 9.99. The fraction of sp³-hybridized carbons (Fsp3) is 0.362. The fourth-order valence-corrected chi connectivity index (χ4v) is 8.04. The van der Waals surface area contributed by atoms with Crippen molar-refractivity contribution in [1.29, 1.82) is 0 Å². The fourth-order valence-electron chi connectivity index (χ4n) is 7.07. The molecular formula is C47H53N5O8S. The highest BCUT2D eigenvalue weighted by molar-refractivity contribution is 8.03. The third-order valence-electron chi connectivity index (χ3n) is 10.9. The Labute approximate surface area is 360 Å². The van der Waals surface area contributed by atoms with Crippen LogP contribution in [0, 0.1) is 5.92 Å². The summed E-state index contributed by atoms with van der Waals surface area (Å²) in [4.78, 5) is 80.0. The van der Waals surface area contributed by atoms with Crippen molar-refractivity contribution < 1.29 is 38.6 Å². The maximum absolute atomic E-state index is 14.4. The van der Waals surface area contributed by atoms with Crippen molar-refractivity contribution in [2.75, 3.05) is 13.2 Å². The minimum Gasteiger partial charge on any atom is -0.484 e. The lowest BCUT2D eigenvalue weighted by molar-refractivity contribution is -0.143. The molecule has 2 unspecified atom stereocenters. The van der Waals surface area contributed by atoms with Crippen LogP contribution < -0.4 is 26.6 Å². The summed E-state index contributed by atoms with van der Waals surface area (Å²) in [5.41, 5.74) is 2.31. The summed E-state index contributed by atoms with van der Waals surface area (Å²) in [6, 6.07) is 23.5. The first-order valence-corrected chi connectivity index (χ1v) is 21.6. The van der Waals surface area contributed by atoms with E-state index in [0.29, 0.717) is 43.8 Å². The first-order valence-electron chi connectivity index (χ1n) is 20.7. The second kappa shape index (κ2) is 21.4. The number of rotatable bonds is 21. The number of carbonyl (C=O) groups excluding carboxylic acids is 5. The van der Waals surface area contributed by atoms with Gasteiger partial charge >= 0.3 is 5.97 Å². The lowest BCUT2D eigenvalue weighted by Crippen LogP contribution is -2.58. The molecule has 6 rings (SSSR count). The van der Waals surface area contributed by atoms with Gasteiger partial charge in [0.05, 0.1) is 6.54 Å². The smallest absolute Gasteiger partial charge is 0.329 e. The average Bonchev–Trinajstić information content (AvgIpc) is 3.87. The van der Waals surface area contributed by atoms with Crippen LogP contribution in [-0.2, 0) is 46.3 Å². The topological polar surface area (TPSA) is 192 Å². The van der Waals surface area contributed by atoms with Gasteiger partial charge in [0.1, 0.15) is 29.4 Å². The zero-order valence-electron chi connectivity index (χ0n) is 34.1. The third-order valence-corrected chi connectivity index (χ3v) is 12.0. The number of hydrogen-bond acceptors (Lipinski definition) is 8. The number of benzene rings is 3. The Morgan fingerprint density at radius 1 is 0.770 bits per heavy atom. The van der Waals surface area contributed by atoms with Gasteiger partial charge in [-0.2, -0.15) is 0 Å². The maximum Gasteiger partial charge on any atom is 0.329 e. The molecule has 1 saturated carbocycles. The van der Waals surface area contributed by atoms with Crippen LogP contribution in [0.3, 0.4) is 0 Å². The first kappa shape index (κ1) is 44.4. The number of carboxylic acids is 1. The molecule has 0 spiro atoms. The molecule has 61 heavy (non-hydrogen) atoms. The Bertz CT molecular complexity index is 2110. The van der Waals surface area contributed by atoms with E-state index in [9.17, 15) is 33.9 Å². The minimum absolute atomic E-state index is 0.0220. The van der Waals surface area contributed by atoms with Crippen LogP contribution in [0.15, 0.2) is 120 Å². The van der Waals surface area contributed by atoms with E-state index in [4.69, 9.17) is 4.74 Å². The molecule has 0 radical (unpaired) electrons. The van der Waals surface area contributed by atoms with E-state index in [2.05, 4.69) is 33.5 Å². The quantitative estimate of drug-likeness (QED) is 0.0880. The number of carboxylic acid groups (broad SMARTS) is 1. The molecule has 6 N–H and O–H groups in total. The Balaban J connectivity index is 1.20. The van der Waals surface area contributed by atoms with Crippen molar-refractivity contribution in [3.05, 3.63) is 132 Å². The summed E-state index contributed by atoms with van der Waals surface area (Å²) in [6.07, 6.45) is 10.8. The van der Waals surface area contributed by atoms with E-state index < -0.39 is 65.7 Å². The van der Waals surface area contributed by atoms with E-state index in [1.54, 1.807) is 11.8 Å². The molecule has 5 atom stereocenters. The molecular weight excluding hydrogens is 795 g/mol. The van der Waals surface area contributed by atoms with Gasteiger partial charge in [-0.3, -0.25) is 24.0 Å². The van der Waals surface area contributed by atoms with Crippen LogP contribution >= 0.6 is 11.8 Å². The molecule has 320 valence electrons. The van der Waals surface area contributed by atoms with Crippen LogP contribution in [0.25, 0.3) is 11.1 Å². The lowest BCUT2D eigenvalue weighted by Gasteiger charge is -2.26. The molecule has 1 heterocycles. The number of aliphatic carboxylic acids is 1. The number of nitrogens with one attached hydrogen (secondary N) is 5. The van der Waals surface area contributed by atoms with Crippen LogP contribution in [0.2, 0.25) is 0 Å². The summed E-state index contributed by atoms with van der Waals surface area (Å²) < 4.78 is 5.74. The summed E-state index contributed by atoms with van der Waals surface area (Å²) >= 11 is 1.57. The molecule has 13 nitrogen and oxygen atoms in total. The van der Waals surface area contributed by atoms with E-state index in [1.165, 1.54) is 0 Å². The molecule has 0 saturated heterocycles. The Morgan fingerprint density at radius 3 is 2.08 bits per heavy atom. The number of carbonyl (C=O) groups is 6. The van der Waals surface area contributed by atoms with Gasteiger partial charge in [0, 0.05) is 11.7 Å². The summed E-state index contributed by atoms with van der Waals surface area (Å²) in [5.74, 6) is -3.19. The van der Waals surface area contributed by atoms with Gasteiger partial charge in [-0.1, -0.05) is 104 Å². The van der Waals surface area contributed by atoms with E-state index >= 15 is 0 Å². The first-order chi connectivity index (χ1) is 29.5. The third kappa shape index (κ3) is 13.4. The van der Waals surface area contributed by atoms with Crippen LogP contribution in [-0.4, -0.2) is 82.7 Å². The number of amides is 5. The van der Waals surface area contributed by atoms with Gasteiger partial charge in [-0.15, -0.1) is 11.8 Å². The van der Waals surface area contributed by atoms with Gasteiger partial charge in [0.15, 0.2) is 6.61 Å². The van der Waals surface area contributed by atoms with Gasteiger partial charge in [0.2, 0.25) is 23.6 Å². The average molecular weight is 848 g/mol. The molecule has 2 aliphatic carbocycles. The molecule has 3 aromatic carbocycles. The molecule has 3 aromatic rings. The largest absolute Gasteiger partial charge is 0.484 e. The molecule has 3 aliphatic rings. The number of ether oxygens (including phenoxy) is 1. The second-order valence-corrected chi connectivity index (χ2v) is 17.0. The van der Waals surface area contributed by atoms with Gasteiger partial charge in [0.25, 0.3) is 5.91 Å². The zero-order valence-corrected chi connectivity index (χ0v) is 35.0. The van der Waals surface area contributed by atoms with Crippen molar-refractivity contribution in [2.24, 2.45) is 5.92 Å². The second-order valence-electron chi connectivity index (χ2n) is 15.8. The minimum atomic E-state index is -1.33. The maximum atomic E-state index is 14.4. The summed E-state index contributed by atoms with van der Waals surface area (Å²) in [5, 5.41) is 25.1. The predicted molar refractivity (Wildman–Crippen MR) is 234 cm³/mol. The summed E-state index contributed by atoms with van der Waals surface area (Å²) in [7, 11) is 0. The monoisotopic (exact) mass is 847 g/mol. The number of hydrogen-bond donors (Lipinski definition) is 6. The normalized spacial score (nSPS) is 18.7. The van der Waals surface area contributed by atoms with Crippen molar-refractivity contribution >= 4 is 47.3 Å². The van der Waals surface area contributed by atoms with Gasteiger partial charge in [-0.25, -0.2) is 4.79 Å². The number of thioether (sulfide) groups is 1. The Hall–Kier alpha value is -6.15. The molecule has 0 aromatic heterocycles. The molecule has 5 amide bonds. The molecule has 1 fully saturated rings. The summed E-state index contributed by atoms with van der Waals surface area (Å²) in [6.45, 7) is 1.29. The predicted octanol–water partition coefficient (Wildman–Crippen LogP) is 4.74. The molecule has 14 heteroatoms.